The Hall–Kier alpha value is -0.940. The second kappa shape index (κ2) is 7.09. The summed E-state index contributed by atoms with van der Waals surface area (Å²) >= 11 is 0. The van der Waals surface area contributed by atoms with Gasteiger partial charge in [-0.1, -0.05) is 13.8 Å². The monoisotopic (exact) mass is 391 g/mol. The summed E-state index contributed by atoms with van der Waals surface area (Å²) in [7, 11) is 0. The Bertz CT molecular complexity index is 651. The van der Waals surface area contributed by atoms with E-state index in [1.54, 1.807) is 6.92 Å². The van der Waals surface area contributed by atoms with Crippen molar-refractivity contribution < 1.29 is 19.4 Å². The normalized spacial score (nSPS) is 50.2. The van der Waals surface area contributed by atoms with Gasteiger partial charge in [0.2, 0.25) is 0 Å². The highest BCUT2D eigenvalue weighted by atomic mass is 16.5. The molecule has 4 rings (SSSR count). The van der Waals surface area contributed by atoms with Crippen molar-refractivity contribution in [2.45, 2.75) is 84.3 Å². The van der Waals surface area contributed by atoms with Crippen LogP contribution in [0.5, 0.6) is 0 Å². The number of aliphatic hydroxyl groups is 1. The topological polar surface area (TPSA) is 89.6 Å². The first-order valence-corrected chi connectivity index (χ1v) is 11.3. The van der Waals surface area contributed by atoms with Crippen molar-refractivity contribution in [1.82, 2.24) is 0 Å². The molecule has 9 atom stereocenters. The van der Waals surface area contributed by atoms with E-state index >= 15 is 0 Å². The second-order valence-corrected chi connectivity index (χ2v) is 10.7. The standard InChI is InChI=1S/C23H37NO4/c1-13(25)17-6-7-18-16-5-4-14-10-15(26)8-9-22(14,2)21(16)19(11-23(17,18)3)28-20(27)12-24/h14-19,21,26H,4-12,24H2,1-3H3/t14-,15+,16-,17+,18-,19-,21+,22-,23+/m0/s1. The van der Waals surface area contributed by atoms with Gasteiger partial charge in [-0.2, -0.15) is 0 Å². The SMILES string of the molecule is CC(=O)[C@H]1CC[C@H]2[C@@H]3CC[C@H]4C[C@H](O)CC[C@]4(C)[C@H]3[C@@H](OC(=O)CN)C[C@]12C. The van der Waals surface area contributed by atoms with Gasteiger partial charge in [0.05, 0.1) is 12.6 Å². The molecule has 0 heterocycles. The predicted octanol–water partition coefficient (Wildman–Crippen LogP) is 3.08. The van der Waals surface area contributed by atoms with Gasteiger partial charge in [-0.25, -0.2) is 0 Å². The highest BCUT2D eigenvalue weighted by Gasteiger charge is 2.64. The quantitative estimate of drug-likeness (QED) is 0.722. The lowest BCUT2D eigenvalue weighted by Gasteiger charge is -2.62. The molecule has 0 aromatic heterocycles. The summed E-state index contributed by atoms with van der Waals surface area (Å²) in [6, 6.07) is 0. The number of nitrogens with two attached hydrogens (primary N) is 1. The third kappa shape index (κ3) is 2.96. The number of carbonyl (C=O) groups is 2. The summed E-state index contributed by atoms with van der Waals surface area (Å²) in [5.74, 6) is 1.87. The smallest absolute Gasteiger partial charge is 0.319 e. The molecule has 0 spiro atoms. The van der Waals surface area contributed by atoms with E-state index in [1.807, 2.05) is 0 Å². The van der Waals surface area contributed by atoms with E-state index in [2.05, 4.69) is 13.8 Å². The number of aliphatic hydroxyl groups excluding tert-OH is 1. The van der Waals surface area contributed by atoms with Crippen molar-refractivity contribution in [3.63, 3.8) is 0 Å². The molecule has 4 fully saturated rings. The van der Waals surface area contributed by atoms with Crippen molar-refractivity contribution in [3.8, 4) is 0 Å². The Kier molecular flexibility index (Phi) is 5.15. The average molecular weight is 392 g/mol. The molecule has 0 bridgehead atoms. The van der Waals surface area contributed by atoms with Crippen LogP contribution < -0.4 is 5.73 Å². The first kappa shape index (κ1) is 20.3. The van der Waals surface area contributed by atoms with E-state index in [-0.39, 0.29) is 47.3 Å². The summed E-state index contributed by atoms with van der Waals surface area (Å²) in [4.78, 5) is 24.7. The minimum absolute atomic E-state index is 0.0794. The number of ketones is 1. The van der Waals surface area contributed by atoms with Crippen molar-refractivity contribution in [2.75, 3.05) is 6.54 Å². The summed E-state index contributed by atoms with van der Waals surface area (Å²) in [5, 5.41) is 10.3. The Morgan fingerprint density at radius 3 is 2.54 bits per heavy atom. The maximum Gasteiger partial charge on any atom is 0.319 e. The largest absolute Gasteiger partial charge is 0.461 e. The average Bonchev–Trinajstić information content (AvgIpc) is 2.98. The van der Waals surface area contributed by atoms with Gasteiger partial charge in [0, 0.05) is 11.8 Å². The Labute approximate surface area is 168 Å². The minimum Gasteiger partial charge on any atom is -0.461 e. The Morgan fingerprint density at radius 1 is 1.11 bits per heavy atom. The second-order valence-electron chi connectivity index (χ2n) is 10.7. The van der Waals surface area contributed by atoms with Gasteiger partial charge in [0.25, 0.3) is 0 Å². The number of carbonyl (C=O) groups excluding carboxylic acids is 2. The van der Waals surface area contributed by atoms with Gasteiger partial charge < -0.3 is 15.6 Å². The number of fused-ring (bicyclic) bond motifs is 5. The fourth-order valence-electron chi connectivity index (χ4n) is 8.32. The van der Waals surface area contributed by atoms with Crippen LogP contribution in [0.4, 0.5) is 0 Å². The molecule has 5 heteroatoms. The van der Waals surface area contributed by atoms with Crippen molar-refractivity contribution in [3.05, 3.63) is 0 Å². The maximum atomic E-state index is 12.4. The lowest BCUT2D eigenvalue weighted by atomic mass is 9.43. The number of hydrogen-bond acceptors (Lipinski definition) is 5. The van der Waals surface area contributed by atoms with Crippen LogP contribution in [0, 0.1) is 40.4 Å². The molecule has 0 amide bonds. The van der Waals surface area contributed by atoms with Crippen LogP contribution in [0.3, 0.4) is 0 Å². The lowest BCUT2D eigenvalue weighted by Crippen LogP contribution is -2.60. The molecule has 5 nitrogen and oxygen atoms in total. The Morgan fingerprint density at radius 2 is 1.86 bits per heavy atom. The molecule has 0 aliphatic heterocycles. The van der Waals surface area contributed by atoms with Crippen molar-refractivity contribution in [1.29, 1.82) is 0 Å². The molecule has 4 saturated carbocycles. The summed E-state index contributed by atoms with van der Waals surface area (Å²) < 4.78 is 6.01. The van der Waals surface area contributed by atoms with Gasteiger partial charge >= 0.3 is 5.97 Å². The minimum atomic E-state index is -0.329. The molecule has 3 N–H and O–H groups in total. The zero-order chi connectivity index (χ0) is 20.3. The molecule has 28 heavy (non-hydrogen) atoms. The molecule has 0 aromatic rings. The lowest BCUT2D eigenvalue weighted by molar-refractivity contribution is -0.198. The number of esters is 1. The molecule has 0 radical (unpaired) electrons. The molecule has 0 saturated heterocycles. The van der Waals surface area contributed by atoms with E-state index in [0.717, 1.165) is 51.4 Å². The van der Waals surface area contributed by atoms with Gasteiger partial charge in [0.1, 0.15) is 11.9 Å². The maximum absolute atomic E-state index is 12.4. The molecular weight excluding hydrogens is 354 g/mol. The van der Waals surface area contributed by atoms with E-state index in [9.17, 15) is 14.7 Å². The molecule has 4 aliphatic rings. The zero-order valence-electron chi connectivity index (χ0n) is 17.7. The molecule has 0 unspecified atom stereocenters. The number of hydrogen-bond donors (Lipinski definition) is 2. The van der Waals surface area contributed by atoms with Crippen LogP contribution in [0.2, 0.25) is 0 Å². The number of rotatable bonds is 3. The Balaban J connectivity index is 1.72. The van der Waals surface area contributed by atoms with Gasteiger partial charge in [-0.15, -0.1) is 0 Å². The molecule has 4 aliphatic carbocycles. The van der Waals surface area contributed by atoms with Gasteiger partial charge in [-0.3, -0.25) is 9.59 Å². The number of Topliss-reactive ketones (excluding diaryl/α,β-unsaturated/α-hetero) is 1. The van der Waals surface area contributed by atoms with Crippen molar-refractivity contribution in [2.24, 2.45) is 46.2 Å². The zero-order valence-corrected chi connectivity index (χ0v) is 17.7. The van der Waals surface area contributed by atoms with Crippen LogP contribution in [-0.2, 0) is 14.3 Å². The summed E-state index contributed by atoms with van der Waals surface area (Å²) in [5.41, 5.74) is 5.61. The third-order valence-electron chi connectivity index (χ3n) is 9.48. The first-order chi connectivity index (χ1) is 13.2. The first-order valence-electron chi connectivity index (χ1n) is 11.3. The van der Waals surface area contributed by atoms with Crippen LogP contribution in [0.15, 0.2) is 0 Å². The van der Waals surface area contributed by atoms with E-state index in [4.69, 9.17) is 10.5 Å². The van der Waals surface area contributed by atoms with Crippen molar-refractivity contribution >= 4 is 11.8 Å². The van der Waals surface area contributed by atoms with E-state index in [1.165, 1.54) is 0 Å². The molecule has 158 valence electrons. The van der Waals surface area contributed by atoms with Crippen LogP contribution in [-0.4, -0.2) is 35.6 Å². The highest BCUT2D eigenvalue weighted by molar-refractivity contribution is 5.79. The van der Waals surface area contributed by atoms with E-state index in [0.29, 0.717) is 23.7 Å². The van der Waals surface area contributed by atoms with E-state index < -0.39 is 0 Å². The molecular formula is C23H37NO4. The fourth-order valence-corrected chi connectivity index (χ4v) is 8.32. The van der Waals surface area contributed by atoms with Crippen LogP contribution >= 0.6 is 0 Å². The summed E-state index contributed by atoms with van der Waals surface area (Å²) in [6.07, 6.45) is 7.48. The van der Waals surface area contributed by atoms with Gasteiger partial charge in [0.15, 0.2) is 0 Å². The molecule has 0 aromatic carbocycles. The van der Waals surface area contributed by atoms with Crippen LogP contribution in [0.25, 0.3) is 0 Å². The summed E-state index contributed by atoms with van der Waals surface area (Å²) in [6.45, 7) is 6.29. The third-order valence-corrected chi connectivity index (χ3v) is 9.48. The van der Waals surface area contributed by atoms with Gasteiger partial charge in [-0.05, 0) is 86.9 Å². The fraction of sp³-hybridized carbons (Fsp3) is 0.913. The number of ether oxygens (including phenoxy) is 1. The predicted molar refractivity (Wildman–Crippen MR) is 106 cm³/mol. The van der Waals surface area contributed by atoms with Crippen LogP contribution in [0.1, 0.15) is 72.1 Å². The highest BCUT2D eigenvalue weighted by Crippen LogP contribution is 2.68.